The summed E-state index contributed by atoms with van der Waals surface area (Å²) in [6.45, 7) is 10.4. The topological polar surface area (TPSA) is 110 Å². The molecule has 3 aromatic heterocycles. The molecule has 2 N–H and O–H groups in total. The molecule has 0 aliphatic heterocycles. The van der Waals surface area contributed by atoms with Gasteiger partial charge in [0.2, 0.25) is 0 Å². The molecule has 11 heteroatoms. The van der Waals surface area contributed by atoms with Crippen LogP contribution in [0, 0.1) is 0 Å². The van der Waals surface area contributed by atoms with Crippen molar-refractivity contribution in [3.05, 3.63) is 36.0 Å². The first-order chi connectivity index (χ1) is 20.4. The van der Waals surface area contributed by atoms with E-state index in [9.17, 15) is 9.18 Å². The molecule has 0 bridgehead atoms. The molecule has 0 spiro atoms. The Kier molecular flexibility index (Phi) is 11.7. The minimum atomic E-state index is -0.343. The number of rotatable bonds is 15. The summed E-state index contributed by atoms with van der Waals surface area (Å²) in [7, 11) is 1.86. The number of allylic oxidation sites excluding steroid dienone is 1. The van der Waals surface area contributed by atoms with Crippen LogP contribution in [0.25, 0.3) is 28.5 Å². The number of amides is 2. The fourth-order valence-corrected chi connectivity index (χ4v) is 5.47. The van der Waals surface area contributed by atoms with Gasteiger partial charge >= 0.3 is 6.03 Å². The zero-order valence-electron chi connectivity index (χ0n) is 25.1. The summed E-state index contributed by atoms with van der Waals surface area (Å²) in [5.74, 6) is 0.615. The van der Waals surface area contributed by atoms with Gasteiger partial charge in [-0.05, 0) is 77.7 Å². The smallest absolute Gasteiger partial charge is 0.317 e. The number of unbranched alkanes of at least 4 members (excludes halogenated alkanes) is 2. The lowest BCUT2D eigenvalue weighted by Crippen LogP contribution is -2.45. The molecule has 1 fully saturated rings. The predicted molar refractivity (Wildman–Crippen MR) is 165 cm³/mol. The van der Waals surface area contributed by atoms with Crippen molar-refractivity contribution in [3.8, 4) is 11.4 Å². The first kappa shape index (κ1) is 31.4. The molecule has 1 aliphatic rings. The molecule has 0 saturated heterocycles. The Balaban J connectivity index is 1.34. The third kappa shape index (κ3) is 8.25. The number of hydrogen-bond acceptors (Lipinski definition) is 6. The lowest BCUT2D eigenvalue weighted by Gasteiger charge is -2.32. The standard InChI is InChI=1S/C31H44FN7O3/c1-5-41-16-17-42-15-8-6-7-13-38(4)31(40)36-24-10-9-11-25(19-24)39-14-12-23-20-34-29(37-30(23)39)27-21-35-28(33-3)26(27)18-22(2)32/h12,14,18,20-21,24-25,35H,3,5-11,13,15-17,19H2,1-2,4H3,(H,36,40)/b22-18+/t24-,25+/m1/s1. The number of fused-ring (bicyclic) bond motifs is 1. The van der Waals surface area contributed by atoms with Gasteiger partial charge in [0.25, 0.3) is 0 Å². The van der Waals surface area contributed by atoms with Crippen molar-refractivity contribution >= 4 is 35.7 Å². The fraction of sp³-hybridized carbons (Fsp3) is 0.548. The molecule has 42 heavy (non-hydrogen) atoms. The number of nitrogens with zero attached hydrogens (tertiary/aromatic N) is 5. The van der Waals surface area contributed by atoms with E-state index in [1.165, 1.54) is 13.0 Å². The van der Waals surface area contributed by atoms with Crippen LogP contribution in [0.15, 0.2) is 35.5 Å². The molecule has 4 rings (SSSR count). The maximum atomic E-state index is 13.8. The van der Waals surface area contributed by atoms with Crippen LogP contribution in [0.3, 0.4) is 0 Å². The molecule has 10 nitrogen and oxygen atoms in total. The van der Waals surface area contributed by atoms with Gasteiger partial charge in [0.1, 0.15) is 11.5 Å². The van der Waals surface area contributed by atoms with Crippen molar-refractivity contribution < 1.29 is 18.7 Å². The highest BCUT2D eigenvalue weighted by atomic mass is 19.1. The largest absolute Gasteiger partial charge is 0.379 e. The number of carbonyl (C=O) groups is 1. The fourth-order valence-electron chi connectivity index (χ4n) is 5.47. The van der Waals surface area contributed by atoms with Crippen LogP contribution in [-0.4, -0.2) is 83.2 Å². The Morgan fingerprint density at radius 2 is 2.12 bits per heavy atom. The van der Waals surface area contributed by atoms with Crippen LogP contribution in [0.1, 0.15) is 70.4 Å². The van der Waals surface area contributed by atoms with E-state index < -0.39 is 0 Å². The number of ether oxygens (including phenoxy) is 2. The van der Waals surface area contributed by atoms with Crippen LogP contribution in [0.5, 0.6) is 0 Å². The minimum absolute atomic E-state index is 0.0292. The zero-order chi connectivity index (χ0) is 29.9. The van der Waals surface area contributed by atoms with E-state index in [0.717, 1.165) is 62.6 Å². The van der Waals surface area contributed by atoms with Crippen molar-refractivity contribution in [3.63, 3.8) is 0 Å². The van der Waals surface area contributed by atoms with Gasteiger partial charge in [-0.15, -0.1) is 0 Å². The maximum absolute atomic E-state index is 13.8. The van der Waals surface area contributed by atoms with Crippen molar-refractivity contribution in [1.82, 2.24) is 29.7 Å². The number of hydrogen-bond donors (Lipinski definition) is 2. The Bertz CT molecular complexity index is 1350. The van der Waals surface area contributed by atoms with Gasteiger partial charge in [-0.3, -0.25) is 0 Å². The van der Waals surface area contributed by atoms with Gasteiger partial charge in [0.05, 0.1) is 19.0 Å². The van der Waals surface area contributed by atoms with Gasteiger partial charge < -0.3 is 29.2 Å². The summed E-state index contributed by atoms with van der Waals surface area (Å²) < 4.78 is 26.8. The molecule has 228 valence electrons. The summed E-state index contributed by atoms with van der Waals surface area (Å²) in [5, 5.41) is 4.18. The number of nitrogens with one attached hydrogen (secondary N) is 2. The summed E-state index contributed by atoms with van der Waals surface area (Å²) in [6, 6.07) is 2.27. The first-order valence-corrected chi connectivity index (χ1v) is 14.9. The van der Waals surface area contributed by atoms with Gasteiger partial charge in [-0.2, -0.15) is 0 Å². The maximum Gasteiger partial charge on any atom is 0.317 e. The van der Waals surface area contributed by atoms with Gasteiger partial charge in [0.15, 0.2) is 5.82 Å². The SMILES string of the molecule is C=Nc1[nH]cc(-c2ncc3ccn([C@H]4CCC[C@@H](NC(=O)N(C)CCCCCOCCOCC)C4)c3n2)c1/C=C(\C)F. The van der Waals surface area contributed by atoms with E-state index in [-0.39, 0.29) is 23.9 Å². The molecule has 3 aromatic rings. The highest BCUT2D eigenvalue weighted by Crippen LogP contribution is 2.34. The predicted octanol–water partition coefficient (Wildman–Crippen LogP) is 6.44. The molecule has 1 aliphatic carbocycles. The van der Waals surface area contributed by atoms with Crippen LogP contribution in [-0.2, 0) is 9.47 Å². The number of H-pyrrole nitrogens is 1. The van der Waals surface area contributed by atoms with Crippen molar-refractivity contribution in [2.24, 2.45) is 4.99 Å². The molecule has 0 unspecified atom stereocenters. The number of aromatic amines is 1. The second-order valence-electron chi connectivity index (χ2n) is 10.8. The monoisotopic (exact) mass is 581 g/mol. The molecule has 1 saturated carbocycles. The quantitative estimate of drug-likeness (QED) is 0.159. The Labute approximate surface area is 247 Å². The molecule has 2 amide bonds. The average molecular weight is 582 g/mol. The zero-order valence-corrected chi connectivity index (χ0v) is 25.1. The van der Waals surface area contributed by atoms with Gasteiger partial charge in [0, 0.05) is 74.0 Å². The number of aromatic nitrogens is 4. The number of urea groups is 1. The summed E-state index contributed by atoms with van der Waals surface area (Å²) in [4.78, 5) is 31.1. The lowest BCUT2D eigenvalue weighted by atomic mass is 9.91. The highest BCUT2D eigenvalue weighted by Gasteiger charge is 2.26. The van der Waals surface area contributed by atoms with E-state index in [2.05, 4.69) is 31.6 Å². The number of carbonyl (C=O) groups excluding carboxylic acids is 1. The van der Waals surface area contributed by atoms with Crippen LogP contribution in [0.4, 0.5) is 15.0 Å². The molecule has 3 heterocycles. The summed E-state index contributed by atoms with van der Waals surface area (Å²) >= 11 is 0. The number of aliphatic imine (C=N–C) groups is 1. The van der Waals surface area contributed by atoms with Crippen molar-refractivity contribution in [1.29, 1.82) is 0 Å². The molecular weight excluding hydrogens is 537 g/mol. The third-order valence-electron chi connectivity index (χ3n) is 7.67. The molecule has 0 aromatic carbocycles. The van der Waals surface area contributed by atoms with Crippen LogP contribution in [0.2, 0.25) is 0 Å². The minimum Gasteiger partial charge on any atom is -0.379 e. The Morgan fingerprint density at radius 3 is 2.90 bits per heavy atom. The van der Waals surface area contributed by atoms with Gasteiger partial charge in [-0.25, -0.2) is 24.1 Å². The normalized spacial score (nSPS) is 17.5. The van der Waals surface area contributed by atoms with E-state index in [4.69, 9.17) is 14.5 Å². The van der Waals surface area contributed by atoms with Gasteiger partial charge in [-0.1, -0.05) is 0 Å². The van der Waals surface area contributed by atoms with E-state index in [1.807, 2.05) is 26.2 Å². The van der Waals surface area contributed by atoms with Crippen molar-refractivity contribution in [2.45, 2.75) is 70.9 Å². The summed E-state index contributed by atoms with van der Waals surface area (Å²) in [5.41, 5.74) is 2.05. The second-order valence-corrected chi connectivity index (χ2v) is 10.8. The molecule has 0 radical (unpaired) electrons. The van der Waals surface area contributed by atoms with Crippen LogP contribution < -0.4 is 5.32 Å². The highest BCUT2D eigenvalue weighted by molar-refractivity contribution is 5.82. The van der Waals surface area contributed by atoms with E-state index in [0.29, 0.717) is 49.1 Å². The first-order valence-electron chi connectivity index (χ1n) is 14.9. The average Bonchev–Trinajstić information content (AvgIpc) is 3.59. The van der Waals surface area contributed by atoms with E-state index >= 15 is 0 Å². The molecular formula is C31H44FN7O3. The third-order valence-corrected chi connectivity index (χ3v) is 7.67. The molecule has 2 atom stereocenters. The summed E-state index contributed by atoms with van der Waals surface area (Å²) in [6.07, 6.45) is 13.7. The number of halogens is 1. The lowest BCUT2D eigenvalue weighted by molar-refractivity contribution is 0.0512. The Morgan fingerprint density at radius 1 is 1.29 bits per heavy atom. The van der Waals surface area contributed by atoms with Crippen molar-refractivity contribution in [2.75, 3.05) is 40.0 Å². The van der Waals surface area contributed by atoms with E-state index in [1.54, 1.807) is 17.3 Å². The Hall–Kier alpha value is -3.57. The second kappa shape index (κ2) is 15.6. The van der Waals surface area contributed by atoms with Crippen LogP contribution >= 0.6 is 0 Å².